The van der Waals surface area contributed by atoms with Gasteiger partial charge in [0.1, 0.15) is 24.1 Å². The van der Waals surface area contributed by atoms with Crippen molar-refractivity contribution < 1.29 is 40.1 Å². The van der Waals surface area contributed by atoms with Crippen LogP contribution in [0, 0.1) is 0 Å². The number of hydrogen-bond donors (Lipinski definition) is 6. The molecule has 1 heterocycles. The third kappa shape index (κ3) is 6.37. The van der Waals surface area contributed by atoms with Gasteiger partial charge in [-0.25, -0.2) is 0 Å². The van der Waals surface area contributed by atoms with Crippen LogP contribution < -0.4 is 4.74 Å². The lowest BCUT2D eigenvalue weighted by atomic mass is 9.75. The first kappa shape index (κ1) is 27.1. The molecule has 0 unspecified atom stereocenters. The molecule has 1 aliphatic carbocycles. The first-order chi connectivity index (χ1) is 16.2. The van der Waals surface area contributed by atoms with Crippen molar-refractivity contribution in [3.8, 4) is 5.75 Å². The Bertz CT molecular complexity index is 763. The lowest BCUT2D eigenvalue weighted by molar-refractivity contribution is -0.332. The third-order valence-electron chi connectivity index (χ3n) is 7.22. The molecule has 2 fully saturated rings. The van der Waals surface area contributed by atoms with Crippen molar-refractivity contribution in [1.82, 2.24) is 0 Å². The minimum atomic E-state index is -2.01. The molecule has 2 aliphatic rings. The Morgan fingerprint density at radius 2 is 1.76 bits per heavy atom. The first-order valence-electron chi connectivity index (χ1n) is 12.3. The second kappa shape index (κ2) is 11.9. The maximum Gasteiger partial charge on any atom is 0.232 e. The van der Waals surface area contributed by atoms with Gasteiger partial charge in [0, 0.05) is 6.61 Å². The molecule has 1 aliphatic heterocycles. The molecule has 3 rings (SSSR count). The van der Waals surface area contributed by atoms with Crippen LogP contribution in [0.5, 0.6) is 5.75 Å². The van der Waals surface area contributed by atoms with Crippen LogP contribution >= 0.6 is 0 Å². The highest BCUT2D eigenvalue weighted by Crippen LogP contribution is 2.40. The summed E-state index contributed by atoms with van der Waals surface area (Å²) in [6.07, 6.45) is 0.0995. The standard InChI is InChI=1S/C26H40O8/c1-2-7-18-9-11-19(12-10-18)33-24-26(32,16-15-25(31)13-4-3-5-14-25)23(30)21(29)22(34-24)20(28)8-6-17-27/h2,9-12,20-24,27-32H,1,3-8,13-17H2/t20-,21+,22+,23-,24+,26+/m0/s1. The van der Waals surface area contributed by atoms with Crippen molar-refractivity contribution >= 4 is 0 Å². The highest BCUT2D eigenvalue weighted by Gasteiger charge is 2.57. The monoisotopic (exact) mass is 480 g/mol. The van der Waals surface area contributed by atoms with Crippen molar-refractivity contribution in [3.63, 3.8) is 0 Å². The fourth-order valence-corrected chi connectivity index (χ4v) is 5.02. The van der Waals surface area contributed by atoms with Crippen LogP contribution in [-0.2, 0) is 11.2 Å². The van der Waals surface area contributed by atoms with Crippen LogP contribution in [0.25, 0.3) is 0 Å². The van der Waals surface area contributed by atoms with Gasteiger partial charge in [-0.15, -0.1) is 6.58 Å². The van der Waals surface area contributed by atoms with E-state index in [1.54, 1.807) is 18.2 Å². The quantitative estimate of drug-likeness (QED) is 0.262. The summed E-state index contributed by atoms with van der Waals surface area (Å²) >= 11 is 0. The van der Waals surface area contributed by atoms with Crippen molar-refractivity contribution in [3.05, 3.63) is 42.5 Å². The van der Waals surface area contributed by atoms with E-state index in [0.717, 1.165) is 24.8 Å². The van der Waals surface area contributed by atoms with Crippen molar-refractivity contribution in [2.45, 2.75) is 106 Å². The summed E-state index contributed by atoms with van der Waals surface area (Å²) in [7, 11) is 0. The van der Waals surface area contributed by atoms with Gasteiger partial charge in [-0.05, 0) is 62.6 Å². The zero-order valence-corrected chi connectivity index (χ0v) is 19.8. The predicted molar refractivity (Wildman–Crippen MR) is 126 cm³/mol. The Morgan fingerprint density at radius 1 is 1.09 bits per heavy atom. The van der Waals surface area contributed by atoms with E-state index in [0.29, 0.717) is 25.0 Å². The maximum absolute atomic E-state index is 11.6. The minimum Gasteiger partial charge on any atom is -0.462 e. The molecule has 34 heavy (non-hydrogen) atoms. The zero-order valence-electron chi connectivity index (χ0n) is 19.8. The van der Waals surface area contributed by atoms with Crippen molar-refractivity contribution in [2.75, 3.05) is 6.61 Å². The van der Waals surface area contributed by atoms with E-state index in [2.05, 4.69) is 6.58 Å². The molecule has 0 radical (unpaired) electrons. The van der Waals surface area contributed by atoms with Crippen LogP contribution in [0.15, 0.2) is 36.9 Å². The summed E-state index contributed by atoms with van der Waals surface area (Å²) in [4.78, 5) is 0. The number of ether oxygens (including phenoxy) is 2. The molecule has 1 saturated carbocycles. The minimum absolute atomic E-state index is 0.0552. The summed E-state index contributed by atoms with van der Waals surface area (Å²) in [6.45, 7) is 3.58. The van der Waals surface area contributed by atoms with E-state index in [4.69, 9.17) is 14.6 Å². The van der Waals surface area contributed by atoms with Crippen LogP contribution in [0.4, 0.5) is 0 Å². The molecule has 8 heteroatoms. The van der Waals surface area contributed by atoms with Crippen LogP contribution in [0.2, 0.25) is 0 Å². The van der Waals surface area contributed by atoms with E-state index in [9.17, 15) is 25.5 Å². The average Bonchev–Trinajstić information content (AvgIpc) is 2.83. The van der Waals surface area contributed by atoms with Gasteiger partial charge in [0.25, 0.3) is 0 Å². The summed E-state index contributed by atoms with van der Waals surface area (Å²) in [6, 6.07) is 7.13. The fourth-order valence-electron chi connectivity index (χ4n) is 5.02. The van der Waals surface area contributed by atoms with E-state index < -0.39 is 41.9 Å². The highest BCUT2D eigenvalue weighted by atomic mass is 16.7. The normalized spacial score (nSPS) is 32.2. The van der Waals surface area contributed by atoms with Gasteiger partial charge < -0.3 is 40.1 Å². The number of rotatable bonds is 11. The zero-order chi connectivity index (χ0) is 24.8. The largest absolute Gasteiger partial charge is 0.462 e. The van der Waals surface area contributed by atoms with Crippen LogP contribution in [-0.4, -0.2) is 79.2 Å². The summed E-state index contributed by atoms with van der Waals surface area (Å²) < 4.78 is 11.9. The molecule has 1 saturated heterocycles. The molecular formula is C26H40O8. The fraction of sp³-hybridized carbons (Fsp3) is 0.692. The third-order valence-corrected chi connectivity index (χ3v) is 7.22. The molecule has 1 aromatic carbocycles. The van der Waals surface area contributed by atoms with E-state index in [1.807, 2.05) is 12.1 Å². The predicted octanol–water partition coefficient (Wildman–Crippen LogP) is 1.58. The molecule has 0 bridgehead atoms. The SMILES string of the molecule is C=CCc1ccc(O[C@@H]2O[C@H]([C@@H](O)CCCO)[C@@H](O)[C@H](O)[C@]2(O)CCC2(O)CCCCC2)cc1. The van der Waals surface area contributed by atoms with Gasteiger partial charge in [-0.2, -0.15) is 0 Å². The lowest BCUT2D eigenvalue weighted by Crippen LogP contribution is -2.69. The second-order valence-corrected chi connectivity index (χ2v) is 9.83. The second-order valence-electron chi connectivity index (χ2n) is 9.83. The number of allylic oxidation sites excluding steroid dienone is 1. The van der Waals surface area contributed by atoms with Gasteiger partial charge in [0.2, 0.25) is 6.29 Å². The number of aliphatic hydroxyl groups is 6. The molecule has 6 atom stereocenters. The van der Waals surface area contributed by atoms with Crippen LogP contribution in [0.1, 0.15) is 63.4 Å². The molecule has 8 nitrogen and oxygen atoms in total. The molecule has 0 aromatic heterocycles. The number of benzene rings is 1. The van der Waals surface area contributed by atoms with Gasteiger partial charge in [-0.3, -0.25) is 0 Å². The topological polar surface area (TPSA) is 140 Å². The molecule has 0 amide bonds. The van der Waals surface area contributed by atoms with Gasteiger partial charge in [0.05, 0.1) is 11.7 Å². The van der Waals surface area contributed by atoms with E-state index in [-0.39, 0.29) is 32.3 Å². The Hall–Kier alpha value is -1.52. The molecule has 1 aromatic rings. The summed E-state index contributed by atoms with van der Waals surface area (Å²) in [5.74, 6) is 0.389. The Labute approximate surface area is 201 Å². The summed E-state index contributed by atoms with van der Waals surface area (Å²) in [5.41, 5.74) is -1.94. The maximum atomic E-state index is 11.6. The lowest BCUT2D eigenvalue weighted by Gasteiger charge is -2.49. The molecular weight excluding hydrogens is 440 g/mol. The van der Waals surface area contributed by atoms with E-state index in [1.165, 1.54) is 0 Å². The highest BCUT2D eigenvalue weighted by molar-refractivity contribution is 5.28. The Morgan fingerprint density at radius 3 is 2.38 bits per heavy atom. The van der Waals surface area contributed by atoms with Crippen molar-refractivity contribution in [2.24, 2.45) is 0 Å². The van der Waals surface area contributed by atoms with Gasteiger partial charge in [0.15, 0.2) is 5.60 Å². The molecule has 0 spiro atoms. The average molecular weight is 481 g/mol. The number of aliphatic hydroxyl groups excluding tert-OH is 4. The Kier molecular flexibility index (Phi) is 9.51. The summed E-state index contributed by atoms with van der Waals surface area (Å²) in [5, 5.41) is 63.9. The molecule has 6 N–H and O–H groups in total. The van der Waals surface area contributed by atoms with Gasteiger partial charge in [-0.1, -0.05) is 37.5 Å². The smallest absolute Gasteiger partial charge is 0.232 e. The molecule has 192 valence electrons. The number of hydrogen-bond acceptors (Lipinski definition) is 8. The first-order valence-corrected chi connectivity index (χ1v) is 12.3. The Balaban J connectivity index is 1.82. The van der Waals surface area contributed by atoms with Gasteiger partial charge >= 0.3 is 0 Å². The van der Waals surface area contributed by atoms with Crippen molar-refractivity contribution in [1.29, 1.82) is 0 Å². The van der Waals surface area contributed by atoms with E-state index >= 15 is 0 Å². The van der Waals surface area contributed by atoms with Crippen LogP contribution in [0.3, 0.4) is 0 Å².